The molecule has 2 aromatic rings. The number of ether oxygens (including phenoxy) is 1. The summed E-state index contributed by atoms with van der Waals surface area (Å²) in [4.78, 5) is 15.8. The van der Waals surface area contributed by atoms with Gasteiger partial charge in [-0.25, -0.2) is 0 Å². The van der Waals surface area contributed by atoms with Gasteiger partial charge in [-0.3, -0.25) is 9.78 Å². The molecule has 2 rings (SSSR count). The maximum atomic E-state index is 11.2. The third kappa shape index (κ3) is 5.09. The highest BCUT2D eigenvalue weighted by Gasteiger charge is 2.06. The Morgan fingerprint density at radius 3 is 2.39 bits per heavy atom. The highest BCUT2D eigenvalue weighted by molar-refractivity contribution is 5.72. The van der Waals surface area contributed by atoms with Crippen LogP contribution in [0.2, 0.25) is 0 Å². The summed E-state index contributed by atoms with van der Waals surface area (Å²) in [6, 6.07) is 11.6. The molecule has 0 unspecified atom stereocenters. The van der Waals surface area contributed by atoms with Gasteiger partial charge in [-0.1, -0.05) is 37.6 Å². The number of carbonyl (C=O) groups excluding carboxylic acids is 1. The summed E-state index contributed by atoms with van der Waals surface area (Å²) in [5, 5.41) is 9.77. The van der Waals surface area contributed by atoms with E-state index in [1.807, 2.05) is 30.3 Å². The molecule has 4 heteroatoms. The van der Waals surface area contributed by atoms with Gasteiger partial charge in [-0.15, -0.1) is 0 Å². The van der Waals surface area contributed by atoms with Crippen molar-refractivity contribution < 1.29 is 14.6 Å². The van der Waals surface area contributed by atoms with Crippen molar-refractivity contribution in [3.63, 3.8) is 0 Å². The Bertz CT molecular complexity index is 650. The molecule has 0 amide bonds. The van der Waals surface area contributed by atoms with E-state index in [0.29, 0.717) is 6.42 Å². The van der Waals surface area contributed by atoms with Crippen LogP contribution in [0.25, 0.3) is 0 Å². The average molecular weight is 313 g/mol. The summed E-state index contributed by atoms with van der Waals surface area (Å²) in [7, 11) is 1.40. The number of pyridine rings is 1. The Balaban J connectivity index is 1.95. The largest absolute Gasteiger partial charge is 0.506 e. The van der Waals surface area contributed by atoms with Gasteiger partial charge >= 0.3 is 5.97 Å². The van der Waals surface area contributed by atoms with Crippen molar-refractivity contribution in [3.8, 4) is 5.75 Å². The first-order chi connectivity index (χ1) is 11.1. The van der Waals surface area contributed by atoms with E-state index in [4.69, 9.17) is 0 Å². The second kappa shape index (κ2) is 8.32. The average Bonchev–Trinajstić information content (AvgIpc) is 2.57. The van der Waals surface area contributed by atoms with Gasteiger partial charge in [0.1, 0.15) is 5.75 Å². The molecule has 122 valence electrons. The summed E-state index contributed by atoms with van der Waals surface area (Å²) in [5.41, 5.74) is 3.92. The van der Waals surface area contributed by atoms with Gasteiger partial charge < -0.3 is 9.84 Å². The molecule has 0 radical (unpaired) electrons. The first kappa shape index (κ1) is 17.0. The monoisotopic (exact) mass is 313 g/mol. The SMILES string of the molecule is CCCc1nc(CCc2ccc(CC(=O)OC)cc2)ccc1O. The van der Waals surface area contributed by atoms with Crippen LogP contribution in [-0.4, -0.2) is 23.2 Å². The molecule has 4 nitrogen and oxygen atoms in total. The molecule has 0 aliphatic rings. The van der Waals surface area contributed by atoms with Crippen molar-refractivity contribution in [2.75, 3.05) is 7.11 Å². The fourth-order valence-corrected chi connectivity index (χ4v) is 2.43. The third-order valence-corrected chi connectivity index (χ3v) is 3.76. The quantitative estimate of drug-likeness (QED) is 0.797. The van der Waals surface area contributed by atoms with Crippen LogP contribution in [0.1, 0.15) is 35.9 Å². The first-order valence-corrected chi connectivity index (χ1v) is 7.94. The van der Waals surface area contributed by atoms with E-state index >= 15 is 0 Å². The molecule has 1 aromatic heterocycles. The Hall–Kier alpha value is -2.36. The zero-order valence-corrected chi connectivity index (χ0v) is 13.7. The number of methoxy groups -OCH3 is 1. The summed E-state index contributed by atoms with van der Waals surface area (Å²) in [6.07, 6.45) is 3.76. The zero-order chi connectivity index (χ0) is 16.7. The minimum absolute atomic E-state index is 0.227. The maximum Gasteiger partial charge on any atom is 0.309 e. The summed E-state index contributed by atoms with van der Waals surface area (Å²) >= 11 is 0. The number of esters is 1. The number of aryl methyl sites for hydroxylation is 3. The molecule has 0 atom stereocenters. The molecule has 23 heavy (non-hydrogen) atoms. The van der Waals surface area contributed by atoms with Gasteiger partial charge in [0.2, 0.25) is 0 Å². The third-order valence-electron chi connectivity index (χ3n) is 3.76. The van der Waals surface area contributed by atoms with Gasteiger partial charge in [-0.2, -0.15) is 0 Å². The van der Waals surface area contributed by atoms with E-state index < -0.39 is 0 Å². The number of nitrogens with zero attached hydrogens (tertiary/aromatic N) is 1. The maximum absolute atomic E-state index is 11.2. The van der Waals surface area contributed by atoms with Crippen LogP contribution in [0.4, 0.5) is 0 Å². The Morgan fingerprint density at radius 2 is 1.74 bits per heavy atom. The predicted octanol–water partition coefficient (Wildman–Crippen LogP) is 3.24. The van der Waals surface area contributed by atoms with Crippen LogP contribution < -0.4 is 0 Å². The molecular formula is C19H23NO3. The molecular weight excluding hydrogens is 290 g/mol. The van der Waals surface area contributed by atoms with Crippen molar-refractivity contribution in [2.45, 2.75) is 39.0 Å². The Morgan fingerprint density at radius 1 is 1.04 bits per heavy atom. The van der Waals surface area contributed by atoms with E-state index in [2.05, 4.69) is 16.6 Å². The van der Waals surface area contributed by atoms with Crippen LogP contribution in [0, 0.1) is 0 Å². The van der Waals surface area contributed by atoms with E-state index in [0.717, 1.165) is 42.6 Å². The normalized spacial score (nSPS) is 10.5. The van der Waals surface area contributed by atoms with Crippen molar-refractivity contribution in [1.82, 2.24) is 4.98 Å². The predicted molar refractivity (Wildman–Crippen MR) is 89.5 cm³/mol. The lowest BCUT2D eigenvalue weighted by Crippen LogP contribution is -2.04. The van der Waals surface area contributed by atoms with Crippen molar-refractivity contribution in [1.29, 1.82) is 0 Å². The molecule has 1 heterocycles. The molecule has 1 N–H and O–H groups in total. The standard InChI is InChI=1S/C19H23NO3/c1-3-4-17-18(21)12-11-16(20-17)10-9-14-5-7-15(8-6-14)13-19(22)23-2/h5-8,11-12,21H,3-4,9-10,13H2,1-2H3. The first-order valence-electron chi connectivity index (χ1n) is 7.94. The van der Waals surface area contributed by atoms with Crippen molar-refractivity contribution in [2.24, 2.45) is 0 Å². The zero-order valence-electron chi connectivity index (χ0n) is 13.7. The fourth-order valence-electron chi connectivity index (χ4n) is 2.43. The molecule has 0 saturated heterocycles. The molecule has 1 aromatic carbocycles. The van der Waals surface area contributed by atoms with Crippen LogP contribution in [0.15, 0.2) is 36.4 Å². The van der Waals surface area contributed by atoms with Crippen LogP contribution in [-0.2, 0) is 35.2 Å². The van der Waals surface area contributed by atoms with Gasteiger partial charge in [-0.05, 0) is 42.5 Å². The lowest BCUT2D eigenvalue weighted by molar-refractivity contribution is -0.139. The highest BCUT2D eigenvalue weighted by Crippen LogP contribution is 2.17. The lowest BCUT2D eigenvalue weighted by Gasteiger charge is -2.07. The summed E-state index contributed by atoms with van der Waals surface area (Å²) in [5.74, 6) is 0.0530. The van der Waals surface area contributed by atoms with Gasteiger partial charge in [0, 0.05) is 5.69 Å². The summed E-state index contributed by atoms with van der Waals surface area (Å²) < 4.78 is 4.66. The van der Waals surface area contributed by atoms with E-state index in [9.17, 15) is 9.90 Å². The van der Waals surface area contributed by atoms with E-state index in [1.54, 1.807) is 6.07 Å². The highest BCUT2D eigenvalue weighted by atomic mass is 16.5. The minimum Gasteiger partial charge on any atom is -0.506 e. The molecule has 0 spiro atoms. The number of aromatic nitrogens is 1. The Labute approximate surface area is 137 Å². The van der Waals surface area contributed by atoms with E-state index in [-0.39, 0.29) is 11.7 Å². The second-order valence-electron chi connectivity index (χ2n) is 5.59. The van der Waals surface area contributed by atoms with Crippen LogP contribution >= 0.6 is 0 Å². The Kier molecular flexibility index (Phi) is 6.15. The van der Waals surface area contributed by atoms with E-state index in [1.165, 1.54) is 12.7 Å². The van der Waals surface area contributed by atoms with Gasteiger partial charge in [0.15, 0.2) is 0 Å². The van der Waals surface area contributed by atoms with Gasteiger partial charge in [0.25, 0.3) is 0 Å². The number of hydrogen-bond donors (Lipinski definition) is 1. The van der Waals surface area contributed by atoms with Gasteiger partial charge in [0.05, 0.1) is 19.2 Å². The number of benzene rings is 1. The summed E-state index contributed by atoms with van der Waals surface area (Å²) in [6.45, 7) is 2.07. The van der Waals surface area contributed by atoms with Crippen LogP contribution in [0.3, 0.4) is 0 Å². The molecule has 0 aliphatic carbocycles. The minimum atomic E-state index is -0.227. The topological polar surface area (TPSA) is 59.4 Å². The number of carbonyl (C=O) groups is 1. The van der Waals surface area contributed by atoms with Crippen LogP contribution in [0.5, 0.6) is 5.75 Å². The molecule has 0 fully saturated rings. The number of hydrogen-bond acceptors (Lipinski definition) is 4. The molecule has 0 saturated carbocycles. The molecule has 0 bridgehead atoms. The lowest BCUT2D eigenvalue weighted by atomic mass is 10.0. The fraction of sp³-hybridized carbons (Fsp3) is 0.368. The number of rotatable bonds is 7. The molecule has 0 aliphatic heterocycles. The van der Waals surface area contributed by atoms with Crippen molar-refractivity contribution in [3.05, 3.63) is 58.9 Å². The second-order valence-corrected chi connectivity index (χ2v) is 5.59. The smallest absolute Gasteiger partial charge is 0.309 e. The number of aromatic hydroxyl groups is 1. The van der Waals surface area contributed by atoms with Crippen molar-refractivity contribution >= 4 is 5.97 Å².